The van der Waals surface area contributed by atoms with Gasteiger partial charge < -0.3 is 20.4 Å². The summed E-state index contributed by atoms with van der Waals surface area (Å²) >= 11 is 0. The Morgan fingerprint density at radius 3 is 2.40 bits per heavy atom. The fourth-order valence-electron chi connectivity index (χ4n) is 4.88. The molecule has 7 nitrogen and oxygen atoms in total. The second kappa shape index (κ2) is 10.6. The maximum Gasteiger partial charge on any atom is 0.306 e. The number of anilines is 1. The number of hydrogen-bond acceptors (Lipinski definition) is 5. The van der Waals surface area contributed by atoms with Crippen LogP contribution < -0.4 is 9.63 Å². The number of benzene rings is 2. The summed E-state index contributed by atoms with van der Waals surface area (Å²) in [5, 5.41) is 34.5. The van der Waals surface area contributed by atoms with Crippen LogP contribution in [0.4, 0.5) is 5.69 Å². The summed E-state index contributed by atoms with van der Waals surface area (Å²) in [6, 6.07) is 20.0. The van der Waals surface area contributed by atoms with Gasteiger partial charge in [0.15, 0.2) is 11.9 Å². The Balaban J connectivity index is 1.62. The largest absolute Gasteiger partial charge is 0.619 e. The number of carbonyl (C=O) groups is 1. The van der Waals surface area contributed by atoms with Crippen molar-refractivity contribution < 1.29 is 19.8 Å². The van der Waals surface area contributed by atoms with Gasteiger partial charge in [-0.3, -0.25) is 4.79 Å². The van der Waals surface area contributed by atoms with Gasteiger partial charge in [-0.05, 0) is 48.6 Å². The molecule has 2 N–H and O–H groups in total. The van der Waals surface area contributed by atoms with Crippen LogP contribution in [0.3, 0.4) is 0 Å². The molecule has 2 aromatic carbocycles. The average molecular weight is 474 g/mol. The number of pyridine rings is 1. The summed E-state index contributed by atoms with van der Waals surface area (Å²) in [6.07, 6.45) is 3.20. The smallest absolute Gasteiger partial charge is 0.306 e. The lowest BCUT2D eigenvalue weighted by atomic mass is 9.83. The minimum absolute atomic E-state index is 0.0474. The molecule has 1 fully saturated rings. The normalized spacial score (nSPS) is 15.7. The van der Waals surface area contributed by atoms with Crippen LogP contribution >= 0.6 is 0 Å². The number of carboxylic acids is 1. The second-order valence-corrected chi connectivity index (χ2v) is 9.23. The minimum Gasteiger partial charge on any atom is -0.619 e. The van der Waals surface area contributed by atoms with Gasteiger partial charge in [-0.15, -0.1) is 0 Å². The van der Waals surface area contributed by atoms with Crippen molar-refractivity contribution in [1.29, 1.82) is 0 Å². The molecule has 1 unspecified atom stereocenters. The monoisotopic (exact) mass is 473 g/mol. The van der Waals surface area contributed by atoms with Crippen molar-refractivity contribution in [3.05, 3.63) is 100 Å². The Hall–Kier alpha value is -3.87. The molecule has 1 aromatic heterocycles. The van der Waals surface area contributed by atoms with Crippen LogP contribution in [0.25, 0.3) is 0 Å². The highest BCUT2D eigenvalue weighted by Gasteiger charge is 2.25. The predicted octanol–water partition coefficient (Wildman–Crippen LogP) is 4.64. The quantitative estimate of drug-likeness (QED) is 0.171. The molecule has 4 rings (SSSR count). The summed E-state index contributed by atoms with van der Waals surface area (Å²) in [5.41, 5.74) is 6.24. The minimum atomic E-state index is -0.707. The molecular weight excluding hydrogens is 442 g/mol. The molecular formula is C28H31N3O4. The highest BCUT2D eigenvalue weighted by atomic mass is 16.5. The van der Waals surface area contributed by atoms with Gasteiger partial charge in [-0.25, -0.2) is 0 Å². The van der Waals surface area contributed by atoms with Crippen molar-refractivity contribution in [2.75, 3.05) is 18.0 Å². The first-order chi connectivity index (χ1) is 16.9. The van der Waals surface area contributed by atoms with Crippen LogP contribution in [-0.2, 0) is 4.79 Å². The first-order valence-electron chi connectivity index (χ1n) is 11.9. The average Bonchev–Trinajstić information content (AvgIpc) is 2.87. The molecule has 3 aromatic rings. The van der Waals surface area contributed by atoms with Crippen molar-refractivity contribution in [2.45, 2.75) is 39.0 Å². The van der Waals surface area contributed by atoms with Crippen molar-refractivity contribution in [2.24, 2.45) is 11.1 Å². The number of aliphatic carboxylic acids is 1. The second-order valence-electron chi connectivity index (χ2n) is 9.23. The van der Waals surface area contributed by atoms with Gasteiger partial charge in [0.25, 0.3) is 0 Å². The van der Waals surface area contributed by atoms with Gasteiger partial charge in [-0.1, -0.05) is 41.6 Å². The van der Waals surface area contributed by atoms with Crippen LogP contribution in [0.5, 0.6) is 0 Å². The Morgan fingerprint density at radius 2 is 1.80 bits per heavy atom. The number of aromatic nitrogens is 1. The van der Waals surface area contributed by atoms with Crippen LogP contribution in [-0.4, -0.2) is 35.1 Å². The fraction of sp³-hybridized carbons (Fsp3) is 0.321. The Kier molecular flexibility index (Phi) is 7.34. The number of aryl methyl sites for hydroxylation is 2. The summed E-state index contributed by atoms with van der Waals surface area (Å²) in [5.74, 6) is -1.01. The fourth-order valence-corrected chi connectivity index (χ4v) is 4.88. The summed E-state index contributed by atoms with van der Waals surface area (Å²) in [6.45, 7) is 5.26. The van der Waals surface area contributed by atoms with Gasteiger partial charge in [-0.2, -0.15) is 4.73 Å². The third-order valence-corrected chi connectivity index (χ3v) is 7.02. The number of piperidine rings is 1. The van der Waals surface area contributed by atoms with Crippen LogP contribution in [0, 0.1) is 25.0 Å². The summed E-state index contributed by atoms with van der Waals surface area (Å²) < 4.78 is 0.787. The van der Waals surface area contributed by atoms with Gasteiger partial charge in [0, 0.05) is 55.7 Å². The molecule has 0 radical (unpaired) electrons. The third-order valence-electron chi connectivity index (χ3n) is 7.02. The van der Waals surface area contributed by atoms with Gasteiger partial charge >= 0.3 is 5.97 Å². The molecule has 0 spiro atoms. The number of hydrogen-bond donors (Lipinski definition) is 2. The Bertz CT molecular complexity index is 1220. The van der Waals surface area contributed by atoms with E-state index in [1.807, 2.05) is 12.1 Å². The molecule has 0 aliphatic carbocycles. The van der Waals surface area contributed by atoms with Crippen molar-refractivity contribution in [3.8, 4) is 0 Å². The predicted molar refractivity (Wildman–Crippen MR) is 135 cm³/mol. The van der Waals surface area contributed by atoms with Crippen LogP contribution in [0.2, 0.25) is 0 Å². The lowest BCUT2D eigenvalue weighted by Gasteiger charge is -2.32. The third kappa shape index (κ3) is 5.45. The first kappa shape index (κ1) is 24.3. The van der Waals surface area contributed by atoms with E-state index in [2.05, 4.69) is 53.4 Å². The van der Waals surface area contributed by atoms with Crippen molar-refractivity contribution >= 4 is 17.4 Å². The number of rotatable bonds is 7. The van der Waals surface area contributed by atoms with E-state index in [4.69, 9.17) is 0 Å². The van der Waals surface area contributed by atoms with E-state index in [0.717, 1.165) is 40.2 Å². The molecule has 35 heavy (non-hydrogen) atoms. The summed E-state index contributed by atoms with van der Waals surface area (Å²) in [4.78, 5) is 13.5. The number of oxime groups is 1. The Labute approximate surface area is 205 Å². The van der Waals surface area contributed by atoms with E-state index < -0.39 is 5.97 Å². The first-order valence-corrected chi connectivity index (χ1v) is 11.9. The van der Waals surface area contributed by atoms with Crippen LogP contribution in [0.15, 0.2) is 72.0 Å². The van der Waals surface area contributed by atoms with Crippen LogP contribution in [0.1, 0.15) is 53.1 Å². The van der Waals surface area contributed by atoms with E-state index in [0.29, 0.717) is 36.2 Å². The standard InChI is InChI=1S/C28H31N3O4/c1-19-5-3-4-6-25(19)26(18-27(29-34)23-13-16-31(35)20(2)17-23)21-7-9-24(10-8-21)30-14-11-22(12-15-30)28(32)33/h3-10,13,16-17,22,26,34H,11-12,14-15,18H2,1-2H3,(H,32,33). The zero-order valence-electron chi connectivity index (χ0n) is 20.1. The maximum absolute atomic E-state index is 11.8. The SMILES string of the molecule is Cc1ccccc1C(CC(=NO)c1cc[n+]([O-])c(C)c1)c1ccc(N2CCC(C(=O)O)CC2)cc1. The van der Waals surface area contributed by atoms with E-state index in [1.165, 1.54) is 6.20 Å². The van der Waals surface area contributed by atoms with E-state index in [1.54, 1.807) is 19.1 Å². The molecule has 1 saturated heterocycles. The van der Waals surface area contributed by atoms with Gasteiger partial charge in [0.05, 0.1) is 11.6 Å². The molecule has 7 heteroatoms. The topological polar surface area (TPSA) is 100 Å². The maximum atomic E-state index is 11.8. The van der Waals surface area contributed by atoms with E-state index in [-0.39, 0.29) is 11.8 Å². The van der Waals surface area contributed by atoms with E-state index >= 15 is 0 Å². The van der Waals surface area contributed by atoms with E-state index in [9.17, 15) is 20.3 Å². The lowest BCUT2D eigenvalue weighted by Crippen LogP contribution is -2.36. The lowest BCUT2D eigenvalue weighted by molar-refractivity contribution is -0.612. The van der Waals surface area contributed by atoms with Gasteiger partial charge in [0.2, 0.25) is 0 Å². The zero-order chi connectivity index (χ0) is 24.9. The molecule has 1 aliphatic rings. The van der Waals surface area contributed by atoms with Crippen molar-refractivity contribution in [1.82, 2.24) is 0 Å². The van der Waals surface area contributed by atoms with Crippen molar-refractivity contribution in [3.63, 3.8) is 0 Å². The molecule has 0 amide bonds. The highest BCUT2D eigenvalue weighted by Crippen LogP contribution is 2.33. The zero-order valence-corrected chi connectivity index (χ0v) is 20.1. The molecule has 0 saturated carbocycles. The highest BCUT2D eigenvalue weighted by molar-refractivity contribution is 6.00. The summed E-state index contributed by atoms with van der Waals surface area (Å²) in [7, 11) is 0. The Morgan fingerprint density at radius 1 is 1.11 bits per heavy atom. The molecule has 1 atom stereocenters. The molecule has 1 aliphatic heterocycles. The number of carboxylic acid groups (broad SMARTS) is 1. The molecule has 0 bridgehead atoms. The molecule has 182 valence electrons. The molecule has 2 heterocycles. The van der Waals surface area contributed by atoms with Gasteiger partial charge in [0.1, 0.15) is 0 Å². The number of nitrogens with zero attached hydrogens (tertiary/aromatic N) is 3.